The molecule has 0 aromatic carbocycles. The minimum absolute atomic E-state index is 0.448. The van der Waals surface area contributed by atoms with Crippen molar-refractivity contribution in [3.63, 3.8) is 0 Å². The highest BCUT2D eigenvalue weighted by molar-refractivity contribution is 4.87. The average molecular weight is 171 g/mol. The van der Waals surface area contributed by atoms with Crippen LogP contribution >= 0.6 is 0 Å². The minimum Gasteiger partial charge on any atom is -0.375 e. The average Bonchev–Trinajstić information content (AvgIpc) is 2.17. The summed E-state index contributed by atoms with van der Waals surface area (Å²) in [5.74, 6) is 0. The van der Waals surface area contributed by atoms with E-state index in [4.69, 9.17) is 4.74 Å². The van der Waals surface area contributed by atoms with Crippen molar-refractivity contribution in [1.29, 1.82) is 0 Å². The zero-order valence-corrected chi connectivity index (χ0v) is 7.55. The number of nitrogens with one attached hydrogen (secondary N) is 2. The number of rotatable bonds is 1. The van der Waals surface area contributed by atoms with E-state index in [1.165, 1.54) is 0 Å². The Kier molecular flexibility index (Phi) is 2.60. The molecule has 0 amide bonds. The summed E-state index contributed by atoms with van der Waals surface area (Å²) in [4.78, 5) is 0. The van der Waals surface area contributed by atoms with Crippen molar-refractivity contribution >= 4 is 0 Å². The van der Waals surface area contributed by atoms with E-state index in [0.29, 0.717) is 12.1 Å². The molecule has 0 aliphatic carbocycles. The first-order valence-corrected chi connectivity index (χ1v) is 4.67. The SMILES string of the molecule is CNN1CCC2OCCNC2C1. The van der Waals surface area contributed by atoms with Gasteiger partial charge in [-0.2, -0.15) is 0 Å². The summed E-state index contributed by atoms with van der Waals surface area (Å²) in [7, 11) is 1.98. The van der Waals surface area contributed by atoms with Crippen LogP contribution in [0.5, 0.6) is 0 Å². The Morgan fingerprint density at radius 2 is 2.50 bits per heavy atom. The molecule has 2 N–H and O–H groups in total. The number of hydrogen-bond acceptors (Lipinski definition) is 4. The Balaban J connectivity index is 1.90. The fourth-order valence-electron chi connectivity index (χ4n) is 1.98. The number of piperidine rings is 1. The third-order valence-corrected chi connectivity index (χ3v) is 2.71. The first-order chi connectivity index (χ1) is 5.90. The van der Waals surface area contributed by atoms with Crippen molar-refractivity contribution in [3.05, 3.63) is 0 Å². The Hall–Kier alpha value is -0.160. The zero-order chi connectivity index (χ0) is 8.39. The van der Waals surface area contributed by atoms with Crippen LogP contribution in [0.1, 0.15) is 6.42 Å². The van der Waals surface area contributed by atoms with Crippen LogP contribution in [0.2, 0.25) is 0 Å². The lowest BCUT2D eigenvalue weighted by Gasteiger charge is -2.41. The molecular weight excluding hydrogens is 154 g/mol. The molecule has 2 aliphatic rings. The van der Waals surface area contributed by atoms with Gasteiger partial charge >= 0.3 is 0 Å². The first kappa shape index (κ1) is 8.44. The van der Waals surface area contributed by atoms with E-state index in [2.05, 4.69) is 15.8 Å². The van der Waals surface area contributed by atoms with Crippen LogP contribution in [0.15, 0.2) is 0 Å². The fraction of sp³-hybridized carbons (Fsp3) is 1.00. The Labute approximate surface area is 73.2 Å². The van der Waals surface area contributed by atoms with Gasteiger partial charge in [-0.05, 0) is 13.5 Å². The van der Waals surface area contributed by atoms with E-state index in [-0.39, 0.29) is 0 Å². The lowest BCUT2D eigenvalue weighted by atomic mass is 10.0. The maximum Gasteiger partial charge on any atom is 0.0754 e. The molecule has 0 bridgehead atoms. The number of morpholine rings is 1. The largest absolute Gasteiger partial charge is 0.375 e. The monoisotopic (exact) mass is 171 g/mol. The third kappa shape index (κ3) is 1.61. The molecule has 2 fully saturated rings. The predicted molar refractivity (Wildman–Crippen MR) is 46.8 cm³/mol. The number of fused-ring (bicyclic) bond motifs is 1. The minimum atomic E-state index is 0.448. The van der Waals surface area contributed by atoms with Gasteiger partial charge in [0, 0.05) is 25.7 Å². The molecule has 4 heteroatoms. The van der Waals surface area contributed by atoms with E-state index in [1.807, 2.05) is 7.05 Å². The van der Waals surface area contributed by atoms with Gasteiger partial charge in [0.05, 0.1) is 12.7 Å². The van der Waals surface area contributed by atoms with Gasteiger partial charge in [0.2, 0.25) is 0 Å². The van der Waals surface area contributed by atoms with Gasteiger partial charge in [0.25, 0.3) is 0 Å². The van der Waals surface area contributed by atoms with Crippen LogP contribution in [-0.2, 0) is 4.74 Å². The molecule has 0 saturated carbocycles. The Morgan fingerprint density at radius 1 is 1.58 bits per heavy atom. The summed E-state index contributed by atoms with van der Waals surface area (Å²) in [6, 6.07) is 0.528. The van der Waals surface area contributed by atoms with Gasteiger partial charge in [-0.3, -0.25) is 5.43 Å². The molecule has 2 heterocycles. The molecule has 0 radical (unpaired) electrons. The van der Waals surface area contributed by atoms with Crippen molar-refractivity contribution < 1.29 is 4.74 Å². The molecule has 2 unspecified atom stereocenters. The van der Waals surface area contributed by atoms with E-state index in [0.717, 1.165) is 32.7 Å². The summed E-state index contributed by atoms with van der Waals surface area (Å²) in [5, 5.41) is 5.72. The summed E-state index contributed by atoms with van der Waals surface area (Å²) < 4.78 is 5.66. The molecule has 4 nitrogen and oxygen atoms in total. The van der Waals surface area contributed by atoms with Crippen molar-refractivity contribution in [2.75, 3.05) is 33.3 Å². The molecule has 12 heavy (non-hydrogen) atoms. The summed E-state index contributed by atoms with van der Waals surface area (Å²) in [6.45, 7) is 4.03. The first-order valence-electron chi connectivity index (χ1n) is 4.67. The van der Waals surface area contributed by atoms with E-state index in [9.17, 15) is 0 Å². The molecule has 2 rings (SSSR count). The molecular formula is C8H17N3O. The molecule has 2 saturated heterocycles. The molecule has 70 valence electrons. The topological polar surface area (TPSA) is 36.5 Å². The second kappa shape index (κ2) is 3.70. The standard InChI is InChI=1S/C8H17N3O/c1-9-11-4-2-8-7(6-11)10-3-5-12-8/h7-10H,2-6H2,1H3. The lowest BCUT2D eigenvalue weighted by Crippen LogP contribution is -2.60. The van der Waals surface area contributed by atoms with Crippen molar-refractivity contribution in [3.8, 4) is 0 Å². The molecule has 0 aromatic rings. The number of ether oxygens (including phenoxy) is 1. The summed E-state index contributed by atoms with van der Waals surface area (Å²) >= 11 is 0. The zero-order valence-electron chi connectivity index (χ0n) is 7.55. The van der Waals surface area contributed by atoms with Crippen molar-refractivity contribution in [2.24, 2.45) is 0 Å². The van der Waals surface area contributed by atoms with Crippen LogP contribution in [0.4, 0.5) is 0 Å². The lowest BCUT2D eigenvalue weighted by molar-refractivity contribution is -0.0509. The van der Waals surface area contributed by atoms with E-state index in [1.54, 1.807) is 0 Å². The molecule has 2 atom stereocenters. The van der Waals surface area contributed by atoms with Crippen LogP contribution in [-0.4, -0.2) is 50.4 Å². The van der Waals surface area contributed by atoms with E-state index >= 15 is 0 Å². The molecule has 0 spiro atoms. The van der Waals surface area contributed by atoms with Gasteiger partial charge < -0.3 is 10.1 Å². The second-order valence-corrected chi connectivity index (χ2v) is 3.43. The number of hydrogen-bond donors (Lipinski definition) is 2. The second-order valence-electron chi connectivity index (χ2n) is 3.43. The number of nitrogens with zero attached hydrogens (tertiary/aromatic N) is 1. The van der Waals surface area contributed by atoms with Gasteiger partial charge in [0.15, 0.2) is 0 Å². The summed E-state index contributed by atoms with van der Waals surface area (Å²) in [6.07, 6.45) is 1.58. The van der Waals surface area contributed by atoms with Crippen LogP contribution in [0, 0.1) is 0 Å². The van der Waals surface area contributed by atoms with Crippen molar-refractivity contribution in [1.82, 2.24) is 15.8 Å². The normalized spacial score (nSPS) is 37.8. The smallest absolute Gasteiger partial charge is 0.0754 e. The van der Waals surface area contributed by atoms with Crippen LogP contribution in [0.3, 0.4) is 0 Å². The highest BCUT2D eigenvalue weighted by Crippen LogP contribution is 2.15. The molecule has 2 aliphatic heterocycles. The van der Waals surface area contributed by atoms with Gasteiger partial charge in [-0.15, -0.1) is 0 Å². The highest BCUT2D eigenvalue weighted by atomic mass is 16.5. The van der Waals surface area contributed by atoms with Crippen LogP contribution in [0.25, 0.3) is 0 Å². The Bertz CT molecular complexity index is 153. The molecule has 0 aromatic heterocycles. The highest BCUT2D eigenvalue weighted by Gasteiger charge is 2.31. The predicted octanol–water partition coefficient (Wildman–Crippen LogP) is -0.816. The maximum absolute atomic E-state index is 5.66. The maximum atomic E-state index is 5.66. The number of hydrazine groups is 1. The quantitative estimate of drug-likeness (QED) is 0.541. The van der Waals surface area contributed by atoms with Gasteiger partial charge in [0.1, 0.15) is 0 Å². The van der Waals surface area contributed by atoms with Gasteiger partial charge in [-0.25, -0.2) is 5.01 Å². The fourth-order valence-corrected chi connectivity index (χ4v) is 1.98. The van der Waals surface area contributed by atoms with E-state index < -0.39 is 0 Å². The third-order valence-electron chi connectivity index (χ3n) is 2.71. The van der Waals surface area contributed by atoms with Gasteiger partial charge in [-0.1, -0.05) is 0 Å². The Morgan fingerprint density at radius 3 is 3.33 bits per heavy atom. The summed E-state index contributed by atoms with van der Waals surface area (Å²) in [5.41, 5.74) is 3.17. The van der Waals surface area contributed by atoms with Crippen molar-refractivity contribution in [2.45, 2.75) is 18.6 Å². The van der Waals surface area contributed by atoms with Crippen LogP contribution < -0.4 is 10.7 Å².